The number of hydrogen-bond acceptors (Lipinski definition) is 5. The molecule has 0 bridgehead atoms. The first kappa shape index (κ1) is 12.9. The van der Waals surface area contributed by atoms with Gasteiger partial charge >= 0.3 is 0 Å². The molecule has 2 heterocycles. The Morgan fingerprint density at radius 2 is 2.28 bits per heavy atom. The Balaban J connectivity index is 2.28. The van der Waals surface area contributed by atoms with E-state index in [1.807, 2.05) is 25.3 Å². The average Bonchev–Trinajstić information content (AvgIpc) is 2.77. The molecule has 0 aliphatic carbocycles. The normalized spacial score (nSPS) is 10.3. The van der Waals surface area contributed by atoms with Gasteiger partial charge in [-0.25, -0.2) is 9.97 Å². The van der Waals surface area contributed by atoms with Crippen molar-refractivity contribution in [2.75, 3.05) is 5.32 Å². The summed E-state index contributed by atoms with van der Waals surface area (Å²) in [5.74, 6) is 0.732. The molecule has 0 aliphatic heterocycles. The van der Waals surface area contributed by atoms with Crippen LogP contribution in [0.1, 0.15) is 21.8 Å². The quantitative estimate of drug-likeness (QED) is 0.841. The van der Waals surface area contributed by atoms with Crippen molar-refractivity contribution in [3.63, 3.8) is 0 Å². The molecular formula is C12H14N4S2. The van der Waals surface area contributed by atoms with Crippen LogP contribution in [0.2, 0.25) is 0 Å². The van der Waals surface area contributed by atoms with Gasteiger partial charge in [0.15, 0.2) is 0 Å². The lowest BCUT2D eigenvalue weighted by molar-refractivity contribution is 1.06. The molecule has 2 aromatic rings. The average molecular weight is 278 g/mol. The monoisotopic (exact) mass is 278 g/mol. The fourth-order valence-corrected chi connectivity index (χ4v) is 2.59. The molecule has 0 aromatic carbocycles. The maximum absolute atomic E-state index is 5.75. The molecule has 0 unspecified atom stereocenters. The van der Waals surface area contributed by atoms with Gasteiger partial charge in [0.1, 0.15) is 15.8 Å². The van der Waals surface area contributed by atoms with Crippen LogP contribution >= 0.6 is 23.6 Å². The SMILES string of the molecule is Cc1cc(C)c(C(N)=S)c(NCc2nccs2)n1. The zero-order valence-electron chi connectivity index (χ0n) is 10.2. The van der Waals surface area contributed by atoms with Crippen LogP contribution in [-0.4, -0.2) is 15.0 Å². The second-order valence-electron chi connectivity index (χ2n) is 3.95. The van der Waals surface area contributed by atoms with Gasteiger partial charge in [0.2, 0.25) is 0 Å². The van der Waals surface area contributed by atoms with Crippen molar-refractivity contribution in [1.29, 1.82) is 0 Å². The maximum Gasteiger partial charge on any atom is 0.137 e. The van der Waals surface area contributed by atoms with Gasteiger partial charge in [-0.15, -0.1) is 11.3 Å². The zero-order chi connectivity index (χ0) is 13.1. The first-order chi connectivity index (χ1) is 8.58. The van der Waals surface area contributed by atoms with Crippen LogP contribution in [0.5, 0.6) is 0 Å². The summed E-state index contributed by atoms with van der Waals surface area (Å²) in [4.78, 5) is 9.03. The number of aromatic nitrogens is 2. The van der Waals surface area contributed by atoms with Crippen molar-refractivity contribution in [2.45, 2.75) is 20.4 Å². The molecule has 0 radical (unpaired) electrons. The molecular weight excluding hydrogens is 264 g/mol. The van der Waals surface area contributed by atoms with E-state index < -0.39 is 0 Å². The van der Waals surface area contributed by atoms with Gasteiger partial charge in [0.25, 0.3) is 0 Å². The second-order valence-corrected chi connectivity index (χ2v) is 5.37. The number of aryl methyl sites for hydroxylation is 2. The summed E-state index contributed by atoms with van der Waals surface area (Å²) in [5.41, 5.74) is 8.54. The smallest absolute Gasteiger partial charge is 0.137 e. The van der Waals surface area contributed by atoms with Crippen molar-refractivity contribution in [3.05, 3.63) is 39.5 Å². The molecule has 0 fully saturated rings. The van der Waals surface area contributed by atoms with Crippen LogP contribution in [0, 0.1) is 13.8 Å². The van der Waals surface area contributed by atoms with Gasteiger partial charge in [-0.2, -0.15) is 0 Å². The molecule has 4 nitrogen and oxygen atoms in total. The lowest BCUT2D eigenvalue weighted by Crippen LogP contribution is -2.16. The number of pyridine rings is 1. The number of nitrogens with two attached hydrogens (primary N) is 1. The van der Waals surface area contributed by atoms with Crippen LogP contribution in [0.4, 0.5) is 5.82 Å². The summed E-state index contributed by atoms with van der Waals surface area (Å²) in [6.45, 7) is 4.56. The van der Waals surface area contributed by atoms with Crippen LogP contribution < -0.4 is 11.1 Å². The van der Waals surface area contributed by atoms with Gasteiger partial charge in [-0.1, -0.05) is 12.2 Å². The number of thiazole rings is 1. The first-order valence-electron chi connectivity index (χ1n) is 5.48. The van der Waals surface area contributed by atoms with Gasteiger partial charge in [-0.05, 0) is 25.5 Å². The van der Waals surface area contributed by atoms with E-state index in [1.54, 1.807) is 17.5 Å². The minimum atomic E-state index is 0.363. The minimum Gasteiger partial charge on any atom is -0.389 e. The molecule has 0 amide bonds. The van der Waals surface area contributed by atoms with Crippen molar-refractivity contribution < 1.29 is 0 Å². The van der Waals surface area contributed by atoms with E-state index >= 15 is 0 Å². The van der Waals surface area contributed by atoms with Gasteiger partial charge in [0, 0.05) is 17.3 Å². The number of rotatable bonds is 4. The summed E-state index contributed by atoms with van der Waals surface area (Å²) in [6, 6.07) is 1.98. The number of nitrogens with zero attached hydrogens (tertiary/aromatic N) is 2. The molecule has 0 spiro atoms. The predicted molar refractivity (Wildman–Crippen MR) is 79.0 cm³/mol. The summed E-state index contributed by atoms with van der Waals surface area (Å²) >= 11 is 6.68. The predicted octanol–water partition coefficient (Wildman–Crippen LogP) is 2.40. The topological polar surface area (TPSA) is 63.8 Å². The Morgan fingerprint density at radius 3 is 2.89 bits per heavy atom. The molecule has 0 atom stereocenters. The lowest BCUT2D eigenvalue weighted by Gasteiger charge is -2.12. The number of hydrogen-bond donors (Lipinski definition) is 2. The van der Waals surface area contributed by atoms with E-state index in [2.05, 4.69) is 15.3 Å². The molecule has 0 saturated heterocycles. The maximum atomic E-state index is 5.75. The summed E-state index contributed by atoms with van der Waals surface area (Å²) in [7, 11) is 0. The van der Waals surface area contributed by atoms with E-state index in [1.165, 1.54) is 0 Å². The van der Waals surface area contributed by atoms with Gasteiger partial charge < -0.3 is 11.1 Å². The zero-order valence-corrected chi connectivity index (χ0v) is 11.9. The third kappa shape index (κ3) is 2.83. The minimum absolute atomic E-state index is 0.363. The summed E-state index contributed by atoms with van der Waals surface area (Å²) < 4.78 is 0. The largest absolute Gasteiger partial charge is 0.389 e. The Morgan fingerprint density at radius 1 is 1.50 bits per heavy atom. The Hall–Kier alpha value is -1.53. The third-order valence-corrected chi connectivity index (χ3v) is 3.47. The first-order valence-corrected chi connectivity index (χ1v) is 6.77. The Kier molecular flexibility index (Phi) is 3.88. The van der Waals surface area contributed by atoms with Crippen molar-refractivity contribution in [1.82, 2.24) is 9.97 Å². The molecule has 18 heavy (non-hydrogen) atoms. The van der Waals surface area contributed by atoms with Crippen LogP contribution in [-0.2, 0) is 6.54 Å². The van der Waals surface area contributed by atoms with E-state index in [4.69, 9.17) is 18.0 Å². The number of anilines is 1. The van der Waals surface area contributed by atoms with Crippen molar-refractivity contribution in [2.24, 2.45) is 5.73 Å². The molecule has 0 aliphatic rings. The molecule has 0 saturated carbocycles. The van der Waals surface area contributed by atoms with Crippen molar-refractivity contribution >= 4 is 34.4 Å². The standard InChI is InChI=1S/C12H14N4S2/c1-7-5-8(2)16-12(10(7)11(13)17)15-6-9-14-3-4-18-9/h3-5H,6H2,1-2H3,(H2,13,17)(H,15,16). The summed E-state index contributed by atoms with van der Waals surface area (Å²) in [6.07, 6.45) is 1.78. The molecule has 2 aromatic heterocycles. The van der Waals surface area contributed by atoms with Gasteiger partial charge in [-0.3, -0.25) is 0 Å². The molecule has 2 rings (SSSR count). The summed E-state index contributed by atoms with van der Waals surface area (Å²) in [5, 5.41) is 6.20. The highest BCUT2D eigenvalue weighted by Crippen LogP contribution is 2.19. The lowest BCUT2D eigenvalue weighted by atomic mass is 10.1. The number of thiocarbonyl (C=S) groups is 1. The fourth-order valence-electron chi connectivity index (χ4n) is 1.78. The van der Waals surface area contributed by atoms with Crippen LogP contribution in [0.15, 0.2) is 17.6 Å². The molecule has 3 N–H and O–H groups in total. The highest BCUT2D eigenvalue weighted by atomic mass is 32.1. The Bertz CT molecular complexity index is 564. The van der Waals surface area contributed by atoms with E-state index in [9.17, 15) is 0 Å². The van der Waals surface area contributed by atoms with Crippen LogP contribution in [0.25, 0.3) is 0 Å². The number of nitrogens with one attached hydrogen (secondary N) is 1. The van der Waals surface area contributed by atoms with Crippen LogP contribution in [0.3, 0.4) is 0 Å². The highest BCUT2D eigenvalue weighted by molar-refractivity contribution is 7.80. The van der Waals surface area contributed by atoms with Crippen molar-refractivity contribution in [3.8, 4) is 0 Å². The highest BCUT2D eigenvalue weighted by Gasteiger charge is 2.11. The Labute approximate surface area is 115 Å². The van der Waals surface area contributed by atoms with Gasteiger partial charge in [0.05, 0.1) is 12.1 Å². The molecule has 94 valence electrons. The van der Waals surface area contributed by atoms with E-state index in [0.29, 0.717) is 11.5 Å². The molecule has 6 heteroatoms. The van der Waals surface area contributed by atoms with E-state index in [-0.39, 0.29) is 0 Å². The second kappa shape index (κ2) is 5.41. The van der Waals surface area contributed by atoms with E-state index in [0.717, 1.165) is 27.6 Å². The third-order valence-electron chi connectivity index (χ3n) is 2.48. The fraction of sp³-hybridized carbons (Fsp3) is 0.250.